The molecule has 0 fully saturated rings. The van der Waals surface area contributed by atoms with Gasteiger partial charge in [0.25, 0.3) is 0 Å². The van der Waals surface area contributed by atoms with Crippen molar-refractivity contribution < 1.29 is 19.4 Å². The van der Waals surface area contributed by atoms with Gasteiger partial charge in [-0.15, -0.1) is 0 Å². The molecule has 6 heteroatoms. The molecular formula is C20H28N2O4. The average molecular weight is 360 g/mol. The van der Waals surface area contributed by atoms with Crippen molar-refractivity contribution in [3.05, 3.63) is 35.0 Å². The molecule has 0 unspecified atom stereocenters. The lowest BCUT2D eigenvalue weighted by Gasteiger charge is -2.19. The van der Waals surface area contributed by atoms with Gasteiger partial charge in [-0.2, -0.15) is 0 Å². The number of fused-ring (bicyclic) bond motifs is 1. The van der Waals surface area contributed by atoms with Crippen molar-refractivity contribution in [1.82, 2.24) is 9.88 Å². The Hall–Kier alpha value is -2.50. The molecule has 26 heavy (non-hydrogen) atoms. The molecule has 2 rings (SSSR count). The predicted molar refractivity (Wildman–Crippen MR) is 102 cm³/mol. The maximum absolute atomic E-state index is 11.8. The number of hydrogen-bond donors (Lipinski definition) is 2. The van der Waals surface area contributed by atoms with Crippen LogP contribution in [0.5, 0.6) is 0 Å². The van der Waals surface area contributed by atoms with Gasteiger partial charge in [0, 0.05) is 29.7 Å². The van der Waals surface area contributed by atoms with Crippen LogP contribution in [0.2, 0.25) is 0 Å². The number of aryl methyl sites for hydroxylation is 1. The van der Waals surface area contributed by atoms with Crippen LogP contribution in [-0.4, -0.2) is 33.9 Å². The number of hydrogen-bond acceptors (Lipinski definition) is 3. The van der Waals surface area contributed by atoms with E-state index in [-0.39, 0.29) is 6.04 Å². The number of carbonyl (C=O) groups excluding carboxylic acids is 1. The molecular weight excluding hydrogens is 332 g/mol. The zero-order valence-electron chi connectivity index (χ0n) is 16.3. The zero-order chi connectivity index (χ0) is 19.6. The van der Waals surface area contributed by atoms with Crippen LogP contribution in [0.1, 0.15) is 62.1 Å². The Kier molecular flexibility index (Phi) is 5.64. The van der Waals surface area contributed by atoms with E-state index in [4.69, 9.17) is 4.74 Å². The van der Waals surface area contributed by atoms with Gasteiger partial charge in [0.1, 0.15) is 5.60 Å². The number of rotatable bonds is 5. The molecule has 0 aliphatic carbocycles. The van der Waals surface area contributed by atoms with E-state index in [0.717, 1.165) is 22.0 Å². The van der Waals surface area contributed by atoms with Gasteiger partial charge in [-0.1, -0.05) is 0 Å². The first-order valence-electron chi connectivity index (χ1n) is 8.84. The van der Waals surface area contributed by atoms with Crippen molar-refractivity contribution in [3.63, 3.8) is 0 Å². The number of aromatic nitrogens is 1. The van der Waals surface area contributed by atoms with Gasteiger partial charge >= 0.3 is 12.1 Å². The number of ether oxygens (including phenoxy) is 1. The molecule has 0 saturated carbocycles. The number of nitrogens with one attached hydrogen (secondary N) is 1. The fourth-order valence-electron chi connectivity index (χ4n) is 3.01. The molecule has 1 heterocycles. The number of nitrogens with zero attached hydrogens (tertiary/aromatic N) is 1. The second-order valence-electron chi connectivity index (χ2n) is 7.83. The van der Waals surface area contributed by atoms with Crippen LogP contribution in [0, 0.1) is 6.92 Å². The SMILES string of the molecule is Cc1cn(C(C)C)c2cc(CCNC(=O)OC(C)(C)C)cc(C(=O)O)c12. The second-order valence-corrected chi connectivity index (χ2v) is 7.83. The van der Waals surface area contributed by atoms with Crippen LogP contribution >= 0.6 is 0 Å². The van der Waals surface area contributed by atoms with E-state index in [1.807, 2.05) is 40.0 Å². The van der Waals surface area contributed by atoms with Crippen molar-refractivity contribution in [1.29, 1.82) is 0 Å². The molecule has 1 aromatic carbocycles. The quantitative estimate of drug-likeness (QED) is 0.833. The second kappa shape index (κ2) is 7.40. The van der Waals surface area contributed by atoms with Crippen LogP contribution in [0.3, 0.4) is 0 Å². The first kappa shape index (κ1) is 19.8. The average Bonchev–Trinajstić information content (AvgIpc) is 2.82. The van der Waals surface area contributed by atoms with Crippen molar-refractivity contribution in [2.24, 2.45) is 0 Å². The number of carbonyl (C=O) groups is 2. The number of benzene rings is 1. The summed E-state index contributed by atoms with van der Waals surface area (Å²) >= 11 is 0. The van der Waals surface area contributed by atoms with Gasteiger partial charge < -0.3 is 19.7 Å². The van der Waals surface area contributed by atoms with Crippen molar-refractivity contribution in [2.75, 3.05) is 6.54 Å². The van der Waals surface area contributed by atoms with Crippen molar-refractivity contribution in [2.45, 2.75) is 59.6 Å². The Balaban J connectivity index is 2.27. The Morgan fingerprint density at radius 3 is 2.46 bits per heavy atom. The van der Waals surface area contributed by atoms with Crippen LogP contribution in [0.15, 0.2) is 18.3 Å². The molecule has 0 saturated heterocycles. The summed E-state index contributed by atoms with van der Waals surface area (Å²) < 4.78 is 7.30. The van der Waals surface area contributed by atoms with Crippen LogP contribution < -0.4 is 5.32 Å². The number of alkyl carbamates (subject to hydrolysis) is 1. The number of amides is 1. The molecule has 0 radical (unpaired) electrons. The summed E-state index contributed by atoms with van der Waals surface area (Å²) in [7, 11) is 0. The maximum Gasteiger partial charge on any atom is 0.407 e. The van der Waals surface area contributed by atoms with Crippen molar-refractivity contribution in [3.8, 4) is 0 Å². The molecule has 0 bridgehead atoms. The summed E-state index contributed by atoms with van der Waals surface area (Å²) in [5.74, 6) is -0.943. The Labute approximate surface area is 154 Å². The smallest absolute Gasteiger partial charge is 0.407 e. The highest BCUT2D eigenvalue weighted by Gasteiger charge is 2.18. The lowest BCUT2D eigenvalue weighted by Crippen LogP contribution is -2.33. The fraction of sp³-hybridized carbons (Fsp3) is 0.500. The highest BCUT2D eigenvalue weighted by molar-refractivity contribution is 6.05. The Morgan fingerprint density at radius 1 is 1.27 bits per heavy atom. The van der Waals surface area contributed by atoms with E-state index < -0.39 is 17.7 Å². The summed E-state index contributed by atoms with van der Waals surface area (Å²) in [6, 6.07) is 3.92. The molecule has 0 atom stereocenters. The fourth-order valence-corrected chi connectivity index (χ4v) is 3.01. The molecule has 0 aliphatic rings. The minimum absolute atomic E-state index is 0.225. The van der Waals surface area contributed by atoms with E-state index in [1.54, 1.807) is 6.07 Å². The first-order chi connectivity index (χ1) is 12.0. The number of carboxylic acid groups (broad SMARTS) is 1. The van der Waals surface area contributed by atoms with E-state index in [2.05, 4.69) is 23.7 Å². The predicted octanol–water partition coefficient (Wildman–Crippen LogP) is 4.30. The number of carboxylic acids is 1. The lowest BCUT2D eigenvalue weighted by atomic mass is 10.0. The summed E-state index contributed by atoms with van der Waals surface area (Å²) in [5.41, 5.74) is 2.47. The maximum atomic E-state index is 11.8. The van der Waals surface area contributed by atoms with Gasteiger partial charge in [0.2, 0.25) is 0 Å². The molecule has 2 aromatic rings. The third-order valence-electron chi connectivity index (χ3n) is 4.05. The highest BCUT2D eigenvalue weighted by Crippen LogP contribution is 2.29. The van der Waals surface area contributed by atoms with Gasteiger partial charge in [-0.05, 0) is 71.2 Å². The molecule has 0 spiro atoms. The molecule has 0 aliphatic heterocycles. The van der Waals surface area contributed by atoms with E-state index in [1.165, 1.54) is 0 Å². The standard InChI is InChI=1S/C20H28N2O4/c1-12(2)22-11-13(3)17-15(18(23)24)9-14(10-16(17)22)7-8-21-19(25)26-20(4,5)6/h9-12H,7-8H2,1-6H3,(H,21,25)(H,23,24). The molecule has 1 amide bonds. The van der Waals surface area contributed by atoms with Gasteiger partial charge in [-0.25, -0.2) is 9.59 Å². The summed E-state index contributed by atoms with van der Waals surface area (Å²) in [6.45, 7) is 11.9. The van der Waals surface area contributed by atoms with Gasteiger partial charge in [-0.3, -0.25) is 0 Å². The molecule has 2 N–H and O–H groups in total. The third kappa shape index (κ3) is 4.56. The summed E-state index contributed by atoms with van der Waals surface area (Å²) in [6.07, 6.45) is 2.04. The molecule has 1 aromatic heterocycles. The van der Waals surface area contributed by atoms with Crippen LogP contribution in [0.25, 0.3) is 10.9 Å². The van der Waals surface area contributed by atoms with Gasteiger partial charge in [0.05, 0.1) is 5.56 Å². The van der Waals surface area contributed by atoms with E-state index in [9.17, 15) is 14.7 Å². The van der Waals surface area contributed by atoms with Crippen LogP contribution in [-0.2, 0) is 11.2 Å². The monoisotopic (exact) mass is 360 g/mol. The first-order valence-corrected chi connectivity index (χ1v) is 8.84. The van der Waals surface area contributed by atoms with Gasteiger partial charge in [0.15, 0.2) is 0 Å². The molecule has 142 valence electrons. The van der Waals surface area contributed by atoms with E-state index >= 15 is 0 Å². The third-order valence-corrected chi connectivity index (χ3v) is 4.05. The Bertz CT molecular complexity index is 828. The lowest BCUT2D eigenvalue weighted by molar-refractivity contribution is 0.0527. The minimum Gasteiger partial charge on any atom is -0.478 e. The summed E-state index contributed by atoms with van der Waals surface area (Å²) in [5, 5.41) is 13.1. The normalized spacial score (nSPS) is 11.8. The highest BCUT2D eigenvalue weighted by atomic mass is 16.6. The largest absolute Gasteiger partial charge is 0.478 e. The van der Waals surface area contributed by atoms with Crippen LogP contribution in [0.4, 0.5) is 4.79 Å². The van der Waals surface area contributed by atoms with Crippen molar-refractivity contribution >= 4 is 23.0 Å². The number of aromatic carboxylic acids is 1. The Morgan fingerprint density at radius 2 is 1.92 bits per heavy atom. The minimum atomic E-state index is -0.943. The topological polar surface area (TPSA) is 80.6 Å². The molecule has 6 nitrogen and oxygen atoms in total. The van der Waals surface area contributed by atoms with E-state index in [0.29, 0.717) is 18.5 Å². The zero-order valence-corrected chi connectivity index (χ0v) is 16.3. The summed E-state index contributed by atoms with van der Waals surface area (Å²) in [4.78, 5) is 23.5.